The lowest BCUT2D eigenvalue weighted by Crippen LogP contribution is -2.35. The topological polar surface area (TPSA) is 80.1 Å². The average molecular weight is 456 g/mol. The highest BCUT2D eigenvalue weighted by molar-refractivity contribution is 6.08. The van der Waals surface area contributed by atoms with Crippen molar-refractivity contribution in [3.8, 4) is 11.3 Å². The number of nitrogens with zero attached hydrogens (tertiary/aromatic N) is 4. The van der Waals surface area contributed by atoms with Gasteiger partial charge in [-0.2, -0.15) is 5.10 Å². The van der Waals surface area contributed by atoms with Crippen LogP contribution in [-0.2, 0) is 11.8 Å². The summed E-state index contributed by atoms with van der Waals surface area (Å²) in [5.41, 5.74) is 7.34. The van der Waals surface area contributed by atoms with Crippen molar-refractivity contribution in [2.24, 2.45) is 7.05 Å². The number of aryl methyl sites for hydroxylation is 5. The van der Waals surface area contributed by atoms with Gasteiger partial charge in [0.1, 0.15) is 0 Å². The molecule has 0 aliphatic rings. The molecular weight excluding hydrogens is 426 g/mol. The predicted molar refractivity (Wildman–Crippen MR) is 135 cm³/mol. The third kappa shape index (κ3) is 4.41. The zero-order valence-corrected chi connectivity index (χ0v) is 20.4. The molecule has 2 aromatic heterocycles. The second-order valence-electron chi connectivity index (χ2n) is 8.81. The van der Waals surface area contributed by atoms with Crippen LogP contribution in [0, 0.1) is 27.7 Å². The van der Waals surface area contributed by atoms with Crippen LogP contribution in [0.15, 0.2) is 48.5 Å². The molecule has 0 aliphatic carbocycles. The Hall–Kier alpha value is -4.00. The van der Waals surface area contributed by atoms with Gasteiger partial charge in [-0.05, 0) is 44.9 Å². The molecule has 0 unspecified atom stereocenters. The Bertz CT molecular complexity index is 1380. The summed E-state index contributed by atoms with van der Waals surface area (Å²) in [6.45, 7) is 7.74. The minimum Gasteiger partial charge on any atom is -0.332 e. The maximum atomic E-state index is 13.6. The van der Waals surface area contributed by atoms with Crippen LogP contribution in [0.3, 0.4) is 0 Å². The van der Waals surface area contributed by atoms with E-state index in [1.165, 1.54) is 4.90 Å². The lowest BCUT2D eigenvalue weighted by atomic mass is 10.0. The summed E-state index contributed by atoms with van der Waals surface area (Å²) in [4.78, 5) is 32.6. The molecule has 2 amide bonds. The number of fused-ring (bicyclic) bond motifs is 1. The average Bonchev–Trinajstić information content (AvgIpc) is 3.09. The number of likely N-dealkylation sites (N-methyl/N-ethyl adjacent to an activating group) is 1. The molecule has 0 fully saturated rings. The minimum absolute atomic E-state index is 0.0740. The van der Waals surface area contributed by atoms with Crippen LogP contribution < -0.4 is 5.32 Å². The molecular formula is C27H29N5O2. The third-order valence-electron chi connectivity index (χ3n) is 5.94. The molecule has 0 saturated heterocycles. The quantitative estimate of drug-likeness (QED) is 0.478. The molecule has 34 heavy (non-hydrogen) atoms. The minimum atomic E-state index is -0.256. The number of rotatable bonds is 5. The second-order valence-corrected chi connectivity index (χ2v) is 8.81. The van der Waals surface area contributed by atoms with E-state index in [2.05, 4.69) is 10.4 Å². The summed E-state index contributed by atoms with van der Waals surface area (Å²) >= 11 is 0. The zero-order chi connectivity index (χ0) is 24.6. The molecule has 0 atom stereocenters. The van der Waals surface area contributed by atoms with E-state index in [0.717, 1.165) is 33.6 Å². The first-order valence-corrected chi connectivity index (χ1v) is 11.2. The number of aromatic nitrogens is 3. The van der Waals surface area contributed by atoms with E-state index in [-0.39, 0.29) is 18.4 Å². The Morgan fingerprint density at radius 2 is 1.65 bits per heavy atom. The van der Waals surface area contributed by atoms with E-state index >= 15 is 0 Å². The Morgan fingerprint density at radius 3 is 2.29 bits per heavy atom. The summed E-state index contributed by atoms with van der Waals surface area (Å²) in [5.74, 6) is -0.504. The van der Waals surface area contributed by atoms with Crippen LogP contribution in [0.25, 0.3) is 22.3 Å². The Balaban J connectivity index is 1.65. The van der Waals surface area contributed by atoms with Gasteiger partial charge in [-0.15, -0.1) is 0 Å². The molecule has 0 spiro atoms. The summed E-state index contributed by atoms with van der Waals surface area (Å²) in [6.07, 6.45) is 0. The second kappa shape index (κ2) is 9.09. The first-order chi connectivity index (χ1) is 16.2. The summed E-state index contributed by atoms with van der Waals surface area (Å²) in [6, 6.07) is 15.6. The number of carbonyl (C=O) groups excluding carboxylic acids is 2. The first kappa shape index (κ1) is 23.2. The largest absolute Gasteiger partial charge is 0.332 e. The van der Waals surface area contributed by atoms with Crippen LogP contribution in [0.4, 0.5) is 5.69 Å². The lowest BCUT2D eigenvalue weighted by Gasteiger charge is -2.19. The first-order valence-electron chi connectivity index (χ1n) is 11.2. The third-order valence-corrected chi connectivity index (χ3v) is 5.94. The zero-order valence-electron chi connectivity index (χ0n) is 20.4. The van der Waals surface area contributed by atoms with Crippen molar-refractivity contribution in [3.05, 3.63) is 76.5 Å². The molecule has 1 N–H and O–H groups in total. The maximum absolute atomic E-state index is 13.6. The fraction of sp³-hybridized carbons (Fsp3) is 0.259. The fourth-order valence-corrected chi connectivity index (χ4v) is 4.42. The van der Waals surface area contributed by atoms with Gasteiger partial charge >= 0.3 is 0 Å². The van der Waals surface area contributed by atoms with Crippen molar-refractivity contribution in [2.45, 2.75) is 27.7 Å². The van der Waals surface area contributed by atoms with Crippen molar-refractivity contribution in [2.75, 3.05) is 18.9 Å². The van der Waals surface area contributed by atoms with E-state index in [9.17, 15) is 9.59 Å². The predicted octanol–water partition coefficient (Wildman–Crippen LogP) is 4.58. The molecule has 4 rings (SSSR count). The number of hydrogen-bond acceptors (Lipinski definition) is 4. The number of hydrogen-bond donors (Lipinski definition) is 1. The number of amides is 2. The molecule has 0 aliphatic heterocycles. The van der Waals surface area contributed by atoms with E-state index in [4.69, 9.17) is 4.98 Å². The lowest BCUT2D eigenvalue weighted by molar-refractivity contribution is -0.116. The van der Waals surface area contributed by atoms with Gasteiger partial charge in [-0.1, -0.05) is 48.0 Å². The molecule has 0 radical (unpaired) electrons. The van der Waals surface area contributed by atoms with Crippen LogP contribution in [0.1, 0.15) is 32.7 Å². The van der Waals surface area contributed by atoms with Crippen molar-refractivity contribution in [3.63, 3.8) is 0 Å². The van der Waals surface area contributed by atoms with Gasteiger partial charge in [0.2, 0.25) is 5.91 Å². The van der Waals surface area contributed by atoms with Crippen LogP contribution >= 0.6 is 0 Å². The fourth-order valence-electron chi connectivity index (χ4n) is 4.42. The monoisotopic (exact) mass is 455 g/mol. The van der Waals surface area contributed by atoms with Crippen molar-refractivity contribution < 1.29 is 9.59 Å². The number of benzene rings is 2. The van der Waals surface area contributed by atoms with Gasteiger partial charge in [0.15, 0.2) is 5.65 Å². The van der Waals surface area contributed by atoms with Crippen molar-refractivity contribution in [1.82, 2.24) is 19.7 Å². The molecule has 7 nitrogen and oxygen atoms in total. The van der Waals surface area contributed by atoms with Gasteiger partial charge in [0.25, 0.3) is 5.91 Å². The molecule has 0 saturated carbocycles. The molecule has 4 aromatic rings. The highest BCUT2D eigenvalue weighted by atomic mass is 16.2. The molecule has 7 heteroatoms. The highest BCUT2D eigenvalue weighted by Gasteiger charge is 2.23. The number of nitrogens with one attached hydrogen (secondary N) is 1. The molecule has 174 valence electrons. The smallest absolute Gasteiger partial charge is 0.254 e. The number of anilines is 1. The van der Waals surface area contributed by atoms with E-state index in [0.29, 0.717) is 22.3 Å². The molecule has 2 aromatic carbocycles. The maximum Gasteiger partial charge on any atom is 0.254 e. The van der Waals surface area contributed by atoms with E-state index < -0.39 is 0 Å². The summed E-state index contributed by atoms with van der Waals surface area (Å²) in [7, 11) is 3.45. The van der Waals surface area contributed by atoms with Crippen molar-refractivity contribution in [1.29, 1.82) is 0 Å². The Kier molecular flexibility index (Phi) is 6.20. The Morgan fingerprint density at radius 1 is 1.00 bits per heavy atom. The number of carbonyl (C=O) groups is 2. The SMILES string of the molecule is Cc1cc(C)c(NC(=O)CN(C)C(=O)c2cc(-c3ccccc3)nc3c2c(C)nn3C)c(C)c1. The van der Waals surface area contributed by atoms with Crippen LogP contribution in [0.2, 0.25) is 0 Å². The molecule has 2 heterocycles. The van der Waals surface area contributed by atoms with Crippen molar-refractivity contribution >= 4 is 28.5 Å². The van der Waals surface area contributed by atoms with E-state index in [1.54, 1.807) is 17.8 Å². The summed E-state index contributed by atoms with van der Waals surface area (Å²) < 4.78 is 1.68. The van der Waals surface area contributed by atoms with Gasteiger partial charge in [0.05, 0.1) is 28.9 Å². The van der Waals surface area contributed by atoms with E-state index in [1.807, 2.05) is 77.2 Å². The Labute approximate surface area is 199 Å². The van der Waals surface area contributed by atoms with Crippen LogP contribution in [-0.4, -0.2) is 45.1 Å². The highest BCUT2D eigenvalue weighted by Crippen LogP contribution is 2.28. The van der Waals surface area contributed by atoms with Crippen LogP contribution in [0.5, 0.6) is 0 Å². The number of pyridine rings is 1. The summed E-state index contributed by atoms with van der Waals surface area (Å²) in [5, 5.41) is 8.14. The standard InChI is InChI=1S/C27H29N5O2/c1-16-12-17(2)25(18(3)13-16)29-23(33)15-31(5)27(34)21-14-22(20-10-8-7-9-11-20)28-26-24(21)19(4)30-32(26)6/h7-14H,15H2,1-6H3,(H,29,33). The normalized spacial score (nSPS) is 11.0. The van der Waals surface area contributed by atoms with Gasteiger partial charge in [-0.25, -0.2) is 4.98 Å². The molecule has 0 bridgehead atoms. The van der Waals surface area contributed by atoms with Gasteiger partial charge < -0.3 is 10.2 Å². The van der Waals surface area contributed by atoms with Gasteiger partial charge in [-0.3, -0.25) is 14.3 Å². The van der Waals surface area contributed by atoms with Gasteiger partial charge in [0, 0.05) is 25.3 Å².